The van der Waals surface area contributed by atoms with E-state index in [1.165, 1.54) is 29.9 Å². The second kappa shape index (κ2) is 9.17. The van der Waals surface area contributed by atoms with Gasteiger partial charge in [0.1, 0.15) is 0 Å². The average molecular weight is 392 g/mol. The van der Waals surface area contributed by atoms with Crippen LogP contribution >= 0.6 is 11.8 Å². The zero-order chi connectivity index (χ0) is 20.0. The molecule has 144 valence electrons. The monoisotopic (exact) mass is 392 g/mol. The Balaban J connectivity index is 2.46. The van der Waals surface area contributed by atoms with E-state index in [9.17, 15) is 19.2 Å². The number of benzene rings is 1. The van der Waals surface area contributed by atoms with Crippen molar-refractivity contribution in [2.24, 2.45) is 5.73 Å². The van der Waals surface area contributed by atoms with Crippen LogP contribution in [0.1, 0.15) is 30.1 Å². The highest BCUT2D eigenvalue weighted by atomic mass is 32.2. The Bertz CT molecular complexity index is 941. The lowest BCUT2D eigenvalue weighted by atomic mass is 10.1. The van der Waals surface area contributed by atoms with E-state index in [1.54, 1.807) is 0 Å². The van der Waals surface area contributed by atoms with Crippen LogP contribution in [0.2, 0.25) is 0 Å². The summed E-state index contributed by atoms with van der Waals surface area (Å²) in [6, 6.07) is 3.57. The number of methoxy groups -OCH3 is 1. The van der Waals surface area contributed by atoms with Crippen molar-refractivity contribution in [3.8, 4) is 0 Å². The second-order valence-electron chi connectivity index (χ2n) is 5.63. The molecule has 0 spiro atoms. The number of nitrogens with one attached hydrogen (secondary N) is 1. The lowest BCUT2D eigenvalue weighted by Gasteiger charge is -2.13. The summed E-state index contributed by atoms with van der Waals surface area (Å²) in [5, 5.41) is 2.65. The molecule has 0 aliphatic carbocycles. The second-order valence-corrected chi connectivity index (χ2v) is 6.57. The molecule has 1 aromatic carbocycles. The minimum Gasteiger partial charge on any atom is -0.465 e. The number of amides is 3. The molecule has 0 atom stereocenters. The van der Waals surface area contributed by atoms with Gasteiger partial charge in [-0.05, 0) is 24.6 Å². The van der Waals surface area contributed by atoms with Gasteiger partial charge in [-0.15, -0.1) is 0 Å². The molecule has 10 heteroatoms. The van der Waals surface area contributed by atoms with E-state index in [0.717, 1.165) is 24.6 Å². The van der Waals surface area contributed by atoms with E-state index >= 15 is 0 Å². The van der Waals surface area contributed by atoms with E-state index < -0.39 is 17.9 Å². The quantitative estimate of drug-likeness (QED) is 0.412. The Hall–Kier alpha value is -2.88. The molecule has 0 saturated heterocycles. The van der Waals surface area contributed by atoms with Crippen LogP contribution in [-0.4, -0.2) is 40.3 Å². The van der Waals surface area contributed by atoms with Gasteiger partial charge in [-0.3, -0.25) is 19.5 Å². The zero-order valence-electron chi connectivity index (χ0n) is 15.0. The fourth-order valence-corrected chi connectivity index (χ4v) is 3.20. The first-order valence-corrected chi connectivity index (χ1v) is 9.21. The largest absolute Gasteiger partial charge is 0.465 e. The number of unbranched alkanes of at least 4 members (excludes halogenated alkanes) is 1. The summed E-state index contributed by atoms with van der Waals surface area (Å²) in [6.45, 7) is 2.44. The van der Waals surface area contributed by atoms with Gasteiger partial charge in [-0.2, -0.15) is 0 Å². The Morgan fingerprint density at radius 2 is 2.07 bits per heavy atom. The molecule has 0 unspecified atom stereocenters. The summed E-state index contributed by atoms with van der Waals surface area (Å²) in [6.07, 6.45) is 1.63. The van der Waals surface area contributed by atoms with E-state index in [-0.39, 0.29) is 16.9 Å². The maximum Gasteiger partial charge on any atom is 0.337 e. The molecule has 0 bridgehead atoms. The SMILES string of the molecule is CCCCn1c(SCC(=O)NC(N)=O)nc2cc(C(=O)OC)ccc2c1=O. The molecule has 27 heavy (non-hydrogen) atoms. The number of imide groups is 1. The molecule has 0 aliphatic heterocycles. The van der Waals surface area contributed by atoms with Crippen LogP contribution in [0.15, 0.2) is 28.2 Å². The highest BCUT2D eigenvalue weighted by molar-refractivity contribution is 7.99. The number of ether oxygens (including phenoxy) is 1. The summed E-state index contributed by atoms with van der Waals surface area (Å²) < 4.78 is 6.18. The molecule has 0 radical (unpaired) electrons. The van der Waals surface area contributed by atoms with Crippen LogP contribution in [0.4, 0.5) is 4.79 Å². The van der Waals surface area contributed by atoms with Gasteiger partial charge in [0.15, 0.2) is 5.16 Å². The molecule has 3 amide bonds. The number of fused-ring (bicyclic) bond motifs is 1. The Morgan fingerprint density at radius 1 is 1.33 bits per heavy atom. The number of rotatable bonds is 7. The van der Waals surface area contributed by atoms with Gasteiger partial charge in [-0.25, -0.2) is 14.6 Å². The molecular weight excluding hydrogens is 372 g/mol. The molecule has 0 saturated carbocycles. The highest BCUT2D eigenvalue weighted by Crippen LogP contribution is 2.19. The highest BCUT2D eigenvalue weighted by Gasteiger charge is 2.15. The standard InChI is InChI=1S/C17H20N4O5S/c1-3-4-7-21-14(23)11-6-5-10(15(24)26-2)8-12(11)19-17(21)27-9-13(22)20-16(18)25/h5-6,8H,3-4,7,9H2,1-2H3,(H3,18,20,22,25). The third-order valence-corrected chi connectivity index (χ3v) is 4.65. The maximum atomic E-state index is 12.8. The molecule has 0 fully saturated rings. The molecule has 2 rings (SSSR count). The van der Waals surface area contributed by atoms with Crippen molar-refractivity contribution < 1.29 is 19.1 Å². The van der Waals surface area contributed by atoms with Crippen molar-refractivity contribution in [2.75, 3.05) is 12.9 Å². The number of urea groups is 1. The van der Waals surface area contributed by atoms with Gasteiger partial charge in [0.25, 0.3) is 5.56 Å². The van der Waals surface area contributed by atoms with Crippen molar-refractivity contribution in [3.05, 3.63) is 34.1 Å². The summed E-state index contributed by atoms with van der Waals surface area (Å²) in [5.74, 6) is -1.26. The third kappa shape index (κ3) is 5.07. The van der Waals surface area contributed by atoms with Crippen molar-refractivity contribution >= 4 is 40.6 Å². The third-order valence-electron chi connectivity index (χ3n) is 3.67. The molecule has 0 aliphatic rings. The molecule has 1 aromatic heterocycles. The minimum atomic E-state index is -0.946. The van der Waals surface area contributed by atoms with Gasteiger partial charge in [0.05, 0.1) is 29.3 Å². The van der Waals surface area contributed by atoms with Crippen molar-refractivity contribution in [1.29, 1.82) is 0 Å². The number of thioether (sulfide) groups is 1. The molecule has 2 aromatic rings. The summed E-state index contributed by atoms with van der Waals surface area (Å²) in [4.78, 5) is 51.4. The fraction of sp³-hybridized carbons (Fsp3) is 0.353. The number of hydrogen-bond acceptors (Lipinski definition) is 7. The predicted molar refractivity (Wildman–Crippen MR) is 101 cm³/mol. The number of nitrogens with two attached hydrogens (primary N) is 1. The number of nitrogens with zero attached hydrogens (tertiary/aromatic N) is 2. The number of primary amides is 1. The van der Waals surface area contributed by atoms with Crippen molar-refractivity contribution in [2.45, 2.75) is 31.5 Å². The van der Waals surface area contributed by atoms with Gasteiger partial charge in [0, 0.05) is 6.54 Å². The van der Waals surface area contributed by atoms with Crippen LogP contribution in [0.25, 0.3) is 10.9 Å². The maximum absolute atomic E-state index is 12.8. The molecule has 9 nitrogen and oxygen atoms in total. The van der Waals surface area contributed by atoms with Crippen LogP contribution < -0.4 is 16.6 Å². The summed E-state index contributed by atoms with van der Waals surface area (Å²) >= 11 is 1.01. The number of carbonyl (C=O) groups excluding carboxylic acids is 3. The lowest BCUT2D eigenvalue weighted by molar-refractivity contribution is -0.117. The van der Waals surface area contributed by atoms with Crippen LogP contribution in [0.3, 0.4) is 0 Å². The van der Waals surface area contributed by atoms with Crippen molar-refractivity contribution in [3.63, 3.8) is 0 Å². The summed E-state index contributed by atoms with van der Waals surface area (Å²) in [5.41, 5.74) is 5.25. The van der Waals surface area contributed by atoms with E-state index in [4.69, 9.17) is 5.73 Å². The minimum absolute atomic E-state index is 0.135. The lowest BCUT2D eigenvalue weighted by Crippen LogP contribution is -2.36. The van der Waals surface area contributed by atoms with E-state index in [1.807, 2.05) is 12.2 Å². The van der Waals surface area contributed by atoms with Gasteiger partial charge in [-0.1, -0.05) is 25.1 Å². The average Bonchev–Trinajstić information content (AvgIpc) is 2.64. The first-order chi connectivity index (χ1) is 12.9. The molecular formula is C17H20N4O5S. The van der Waals surface area contributed by atoms with Crippen LogP contribution in [0, 0.1) is 0 Å². The van der Waals surface area contributed by atoms with Gasteiger partial charge in [0.2, 0.25) is 5.91 Å². The number of esters is 1. The number of carbonyl (C=O) groups is 3. The van der Waals surface area contributed by atoms with Crippen LogP contribution in [-0.2, 0) is 16.1 Å². The normalized spacial score (nSPS) is 10.6. The number of aromatic nitrogens is 2. The summed E-state index contributed by atoms with van der Waals surface area (Å²) in [7, 11) is 1.27. The van der Waals surface area contributed by atoms with Gasteiger partial charge >= 0.3 is 12.0 Å². The van der Waals surface area contributed by atoms with Crippen molar-refractivity contribution in [1.82, 2.24) is 14.9 Å². The molecule has 1 heterocycles. The Morgan fingerprint density at radius 3 is 2.70 bits per heavy atom. The fourth-order valence-electron chi connectivity index (χ4n) is 2.37. The van der Waals surface area contributed by atoms with E-state index in [2.05, 4.69) is 9.72 Å². The predicted octanol–water partition coefficient (Wildman–Crippen LogP) is 1.27. The topological polar surface area (TPSA) is 133 Å². The van der Waals surface area contributed by atoms with Crippen LogP contribution in [0.5, 0.6) is 0 Å². The first kappa shape index (κ1) is 20.4. The van der Waals surface area contributed by atoms with Gasteiger partial charge < -0.3 is 10.5 Å². The first-order valence-electron chi connectivity index (χ1n) is 8.22. The number of hydrogen-bond donors (Lipinski definition) is 2. The Labute approximate surface area is 159 Å². The Kier molecular flexibility index (Phi) is 6.94. The smallest absolute Gasteiger partial charge is 0.337 e. The van der Waals surface area contributed by atoms with E-state index in [0.29, 0.717) is 22.6 Å². The molecule has 3 N–H and O–H groups in total. The zero-order valence-corrected chi connectivity index (χ0v) is 15.8.